The molecule has 0 aliphatic carbocycles. The van der Waals surface area contributed by atoms with Gasteiger partial charge >= 0.3 is 11.9 Å². The summed E-state index contributed by atoms with van der Waals surface area (Å²) in [6.07, 6.45) is 0. The van der Waals surface area contributed by atoms with Crippen molar-refractivity contribution >= 4 is 46.0 Å². The number of nitrogens with zero attached hydrogens (tertiary/aromatic N) is 3. The van der Waals surface area contributed by atoms with E-state index in [0.29, 0.717) is 5.52 Å². The van der Waals surface area contributed by atoms with Gasteiger partial charge < -0.3 is 4.74 Å². The average molecular weight is 340 g/mol. The molecule has 120 valence electrons. The number of esters is 1. The van der Waals surface area contributed by atoms with E-state index in [1.807, 2.05) is 0 Å². The number of amides is 1. The van der Waals surface area contributed by atoms with Crippen LogP contribution in [0.4, 0.5) is 11.5 Å². The van der Waals surface area contributed by atoms with Gasteiger partial charge in [0.15, 0.2) is 11.0 Å². The molecule has 0 atom stereocenters. The van der Waals surface area contributed by atoms with Crippen molar-refractivity contribution in [2.24, 2.45) is 0 Å². The predicted octanol–water partition coefficient (Wildman–Crippen LogP) is 1.20. The molecule has 23 heavy (non-hydrogen) atoms. The fraction of sp³-hybridized carbons (Fsp3) is 0.167. The Morgan fingerprint density at radius 3 is 2.74 bits per heavy atom. The van der Waals surface area contributed by atoms with E-state index >= 15 is 0 Å². The molecule has 0 aliphatic heterocycles. The smallest absolute Gasteiger partial charge is 0.398 e. The molecule has 0 radical (unpaired) electrons. The summed E-state index contributed by atoms with van der Waals surface area (Å²) in [6.45, 7) is 1.62. The first kappa shape index (κ1) is 16.4. The second kappa shape index (κ2) is 6.83. The molecule has 11 heteroatoms. The molecule has 0 unspecified atom stereocenters. The van der Waals surface area contributed by atoms with Crippen LogP contribution in [-0.2, 0) is 14.3 Å². The van der Waals surface area contributed by atoms with Crippen LogP contribution in [0.2, 0.25) is 5.15 Å². The lowest BCUT2D eigenvalue weighted by molar-refractivity contribution is -0.384. The highest BCUT2D eigenvalue weighted by molar-refractivity contribution is 6.33. The Morgan fingerprint density at radius 2 is 2.09 bits per heavy atom. The van der Waals surface area contributed by atoms with Crippen LogP contribution >= 0.6 is 11.6 Å². The van der Waals surface area contributed by atoms with Gasteiger partial charge in [0.05, 0.1) is 22.6 Å². The van der Waals surface area contributed by atoms with Crippen LogP contribution in [0, 0.1) is 10.1 Å². The lowest BCUT2D eigenvalue weighted by Crippen LogP contribution is -2.37. The van der Waals surface area contributed by atoms with Gasteiger partial charge in [-0.3, -0.25) is 25.8 Å². The van der Waals surface area contributed by atoms with Gasteiger partial charge in [-0.05, 0) is 13.0 Å². The number of aromatic nitrogens is 2. The Morgan fingerprint density at radius 1 is 1.35 bits per heavy atom. The van der Waals surface area contributed by atoms with E-state index in [9.17, 15) is 19.7 Å². The number of nitrogens with one attached hydrogen (secondary N) is 2. The molecule has 0 saturated heterocycles. The third-order valence-corrected chi connectivity index (χ3v) is 2.83. The number of carbonyl (C=O) groups is 2. The minimum atomic E-state index is -1.07. The Kier molecular flexibility index (Phi) is 4.86. The van der Waals surface area contributed by atoms with E-state index in [-0.39, 0.29) is 28.8 Å². The SMILES string of the molecule is CCOC(=O)C(=O)NNc1nc2ccc([N+](=O)[O-])cc2nc1Cl. The van der Waals surface area contributed by atoms with E-state index in [1.165, 1.54) is 18.2 Å². The number of nitro groups is 1. The molecule has 0 fully saturated rings. The van der Waals surface area contributed by atoms with Crippen molar-refractivity contribution in [1.82, 2.24) is 15.4 Å². The first-order valence-electron chi connectivity index (χ1n) is 6.27. The van der Waals surface area contributed by atoms with Gasteiger partial charge in [0.1, 0.15) is 0 Å². The number of rotatable bonds is 4. The number of hydrogen-bond donors (Lipinski definition) is 2. The van der Waals surface area contributed by atoms with Crippen molar-refractivity contribution < 1.29 is 19.2 Å². The first-order valence-corrected chi connectivity index (χ1v) is 6.65. The highest BCUT2D eigenvalue weighted by atomic mass is 35.5. The van der Waals surface area contributed by atoms with Gasteiger partial charge in [-0.25, -0.2) is 14.8 Å². The molecule has 1 heterocycles. The molecule has 2 aromatic rings. The molecule has 1 aromatic heterocycles. The normalized spacial score (nSPS) is 10.2. The van der Waals surface area contributed by atoms with Crippen molar-refractivity contribution in [2.75, 3.05) is 12.0 Å². The van der Waals surface area contributed by atoms with E-state index in [1.54, 1.807) is 6.92 Å². The van der Waals surface area contributed by atoms with Gasteiger partial charge in [-0.2, -0.15) is 0 Å². The molecule has 2 N–H and O–H groups in total. The number of halogens is 1. The van der Waals surface area contributed by atoms with Crippen molar-refractivity contribution in [3.8, 4) is 0 Å². The maximum absolute atomic E-state index is 11.4. The van der Waals surface area contributed by atoms with Gasteiger partial charge in [-0.1, -0.05) is 11.6 Å². The molecule has 0 aliphatic rings. The molecular formula is C12H10ClN5O5. The summed E-state index contributed by atoms with van der Waals surface area (Å²) in [5.41, 5.74) is 4.78. The molecule has 0 bridgehead atoms. The third kappa shape index (κ3) is 3.80. The summed E-state index contributed by atoms with van der Waals surface area (Å²) < 4.78 is 4.50. The lowest BCUT2D eigenvalue weighted by Gasteiger charge is -2.09. The standard InChI is InChI=1S/C12H10ClN5O5/c1-2-23-12(20)11(19)17-16-10-9(13)14-8-5-6(18(21)22)3-4-7(8)15-10/h3-5H,2H2,1H3,(H,15,16)(H,17,19). The Balaban J connectivity index is 2.20. The topological polar surface area (TPSA) is 136 Å². The van der Waals surface area contributed by atoms with Gasteiger partial charge in [0.2, 0.25) is 0 Å². The molecule has 0 saturated carbocycles. The monoisotopic (exact) mass is 339 g/mol. The second-order valence-electron chi connectivity index (χ2n) is 4.09. The zero-order valence-corrected chi connectivity index (χ0v) is 12.5. The second-order valence-corrected chi connectivity index (χ2v) is 4.45. The van der Waals surface area contributed by atoms with E-state index in [0.717, 1.165) is 0 Å². The van der Waals surface area contributed by atoms with E-state index in [2.05, 4.69) is 25.6 Å². The van der Waals surface area contributed by atoms with Gasteiger partial charge in [0, 0.05) is 12.1 Å². The van der Waals surface area contributed by atoms with Crippen molar-refractivity contribution in [3.05, 3.63) is 33.5 Å². The summed E-state index contributed by atoms with van der Waals surface area (Å²) in [5, 5.41) is 10.6. The summed E-state index contributed by atoms with van der Waals surface area (Å²) in [6, 6.07) is 3.86. The number of anilines is 1. The average Bonchev–Trinajstić information content (AvgIpc) is 2.52. The summed E-state index contributed by atoms with van der Waals surface area (Å²) >= 11 is 5.89. The molecule has 0 spiro atoms. The maximum atomic E-state index is 11.4. The number of fused-ring (bicyclic) bond motifs is 1. The number of carbonyl (C=O) groups excluding carboxylic acids is 2. The Bertz CT molecular complexity index is 797. The lowest BCUT2D eigenvalue weighted by atomic mass is 10.2. The number of hydrogen-bond acceptors (Lipinski definition) is 8. The highest BCUT2D eigenvalue weighted by Gasteiger charge is 2.16. The Labute approximate surface area is 133 Å². The minimum absolute atomic E-state index is 0.0225. The summed E-state index contributed by atoms with van der Waals surface area (Å²) in [7, 11) is 0. The third-order valence-electron chi connectivity index (χ3n) is 2.57. The quantitative estimate of drug-likeness (QED) is 0.367. The van der Waals surface area contributed by atoms with Gasteiger partial charge in [0.25, 0.3) is 5.69 Å². The fourth-order valence-corrected chi connectivity index (χ4v) is 1.76. The summed E-state index contributed by atoms with van der Waals surface area (Å²) in [5.74, 6) is -2.13. The van der Waals surface area contributed by atoms with Crippen molar-refractivity contribution in [2.45, 2.75) is 6.92 Å². The first-order chi connectivity index (χ1) is 10.9. The van der Waals surface area contributed by atoms with Crippen LogP contribution in [0.3, 0.4) is 0 Å². The van der Waals surface area contributed by atoms with Crippen LogP contribution < -0.4 is 10.9 Å². The zero-order valence-electron chi connectivity index (χ0n) is 11.7. The van der Waals surface area contributed by atoms with Crippen LogP contribution in [0.25, 0.3) is 11.0 Å². The predicted molar refractivity (Wildman–Crippen MR) is 79.6 cm³/mol. The minimum Gasteiger partial charge on any atom is -0.459 e. The molecule has 1 aromatic carbocycles. The summed E-state index contributed by atoms with van der Waals surface area (Å²) in [4.78, 5) is 40.7. The van der Waals surface area contributed by atoms with Crippen LogP contribution in [0.1, 0.15) is 6.92 Å². The highest BCUT2D eigenvalue weighted by Crippen LogP contribution is 2.23. The van der Waals surface area contributed by atoms with Crippen LogP contribution in [0.15, 0.2) is 18.2 Å². The number of benzene rings is 1. The van der Waals surface area contributed by atoms with E-state index < -0.39 is 16.8 Å². The van der Waals surface area contributed by atoms with Crippen LogP contribution in [-0.4, -0.2) is 33.4 Å². The zero-order chi connectivity index (χ0) is 17.0. The van der Waals surface area contributed by atoms with Crippen LogP contribution in [0.5, 0.6) is 0 Å². The van der Waals surface area contributed by atoms with Crippen molar-refractivity contribution in [1.29, 1.82) is 0 Å². The number of nitro benzene ring substituents is 1. The maximum Gasteiger partial charge on any atom is 0.398 e. The molecule has 1 amide bonds. The Hall–Kier alpha value is -3.01. The fourth-order valence-electron chi connectivity index (χ4n) is 1.58. The molecular weight excluding hydrogens is 330 g/mol. The van der Waals surface area contributed by atoms with E-state index in [4.69, 9.17) is 11.6 Å². The number of non-ortho nitro benzene ring substituents is 1. The van der Waals surface area contributed by atoms with Crippen molar-refractivity contribution in [3.63, 3.8) is 0 Å². The largest absolute Gasteiger partial charge is 0.459 e. The number of hydrazine groups is 1. The molecule has 10 nitrogen and oxygen atoms in total. The molecule has 2 rings (SSSR count). The number of ether oxygens (including phenoxy) is 1. The van der Waals surface area contributed by atoms with Gasteiger partial charge in [-0.15, -0.1) is 0 Å².